The number of nitrogens with two attached hydrogens (primary N) is 1. The minimum Gasteiger partial charge on any atom is -0.391 e. The lowest BCUT2D eigenvalue weighted by atomic mass is 9.95. The molecule has 0 aromatic heterocycles. The van der Waals surface area contributed by atoms with Gasteiger partial charge in [-0.05, 0) is 13.0 Å². The molecule has 1 fully saturated rings. The number of nitrogens with one attached hydrogen (secondary N) is 1. The number of rotatable bonds is 1. The molecule has 1 heterocycles. The number of hydrogen-bond donors (Lipinski definition) is 3. The molecule has 58 valence electrons. The summed E-state index contributed by atoms with van der Waals surface area (Å²) in [4.78, 5) is 10.6. The number of β-amino-alcohol motifs (C(OH)–C–C–N with tert-alkyl or cyclic N) is 1. The number of hydrogen-bond acceptors (Lipinski definition) is 3. The van der Waals surface area contributed by atoms with Gasteiger partial charge in [0.05, 0.1) is 12.0 Å². The zero-order valence-electron chi connectivity index (χ0n) is 5.71. The SMILES string of the molecule is NC(=O)[C@@H]1CCNC[C@@H]1O. The van der Waals surface area contributed by atoms with Crippen molar-refractivity contribution in [1.29, 1.82) is 0 Å². The van der Waals surface area contributed by atoms with E-state index in [1.807, 2.05) is 0 Å². The average Bonchev–Trinajstić information content (AvgIpc) is 1.88. The van der Waals surface area contributed by atoms with Gasteiger partial charge in [0.25, 0.3) is 0 Å². The van der Waals surface area contributed by atoms with Crippen LogP contribution < -0.4 is 11.1 Å². The van der Waals surface area contributed by atoms with Crippen LogP contribution in [-0.2, 0) is 4.79 Å². The standard InChI is InChI=1S/C6H12N2O2/c7-6(10)4-1-2-8-3-5(4)9/h4-5,8-9H,1-3H2,(H2,7,10)/t4-,5+/m1/s1. The third-order valence-electron chi connectivity index (χ3n) is 1.82. The minimum atomic E-state index is -0.591. The second kappa shape index (κ2) is 2.98. The summed E-state index contributed by atoms with van der Waals surface area (Å²) in [5.41, 5.74) is 5.03. The Labute approximate surface area is 59.4 Å². The Morgan fingerprint density at radius 1 is 1.70 bits per heavy atom. The Kier molecular flexibility index (Phi) is 2.24. The Morgan fingerprint density at radius 2 is 2.40 bits per heavy atom. The van der Waals surface area contributed by atoms with Gasteiger partial charge in [-0.3, -0.25) is 4.79 Å². The highest BCUT2D eigenvalue weighted by Gasteiger charge is 2.26. The largest absolute Gasteiger partial charge is 0.391 e. The van der Waals surface area contributed by atoms with Gasteiger partial charge in [-0.25, -0.2) is 0 Å². The van der Waals surface area contributed by atoms with Crippen LogP contribution in [0.4, 0.5) is 0 Å². The Bertz CT molecular complexity index is 138. The number of piperidine rings is 1. The Balaban J connectivity index is 2.47. The quantitative estimate of drug-likeness (QED) is 0.416. The van der Waals surface area contributed by atoms with Crippen LogP contribution in [0.1, 0.15) is 6.42 Å². The summed E-state index contributed by atoms with van der Waals surface area (Å²) in [6.07, 6.45) is 0.0579. The number of primary amides is 1. The molecule has 0 spiro atoms. The van der Waals surface area contributed by atoms with Crippen LogP contribution in [0, 0.1) is 5.92 Å². The maximum atomic E-state index is 10.6. The fourth-order valence-corrected chi connectivity index (χ4v) is 1.17. The maximum absolute atomic E-state index is 10.6. The first-order chi connectivity index (χ1) is 4.72. The van der Waals surface area contributed by atoms with Crippen LogP contribution in [0.25, 0.3) is 0 Å². The van der Waals surface area contributed by atoms with E-state index in [4.69, 9.17) is 5.73 Å². The first-order valence-corrected chi connectivity index (χ1v) is 3.40. The number of aliphatic hydroxyl groups is 1. The van der Waals surface area contributed by atoms with E-state index >= 15 is 0 Å². The van der Waals surface area contributed by atoms with Crippen LogP contribution in [0.5, 0.6) is 0 Å². The molecule has 4 nitrogen and oxygen atoms in total. The molecule has 4 heteroatoms. The van der Waals surface area contributed by atoms with Crippen LogP contribution in [-0.4, -0.2) is 30.2 Å². The van der Waals surface area contributed by atoms with Crippen molar-refractivity contribution in [2.24, 2.45) is 11.7 Å². The fraction of sp³-hybridized carbons (Fsp3) is 0.833. The highest BCUT2D eigenvalue weighted by atomic mass is 16.3. The third kappa shape index (κ3) is 1.46. The number of carbonyl (C=O) groups is 1. The molecule has 0 saturated carbocycles. The van der Waals surface area contributed by atoms with Crippen LogP contribution in [0.15, 0.2) is 0 Å². The highest BCUT2D eigenvalue weighted by Crippen LogP contribution is 2.10. The molecule has 1 rings (SSSR count). The predicted octanol–water partition coefficient (Wildman–Crippen LogP) is -1.56. The summed E-state index contributed by atoms with van der Waals surface area (Å²) in [7, 11) is 0. The lowest BCUT2D eigenvalue weighted by Crippen LogP contribution is -2.46. The van der Waals surface area contributed by atoms with Gasteiger partial charge in [-0.1, -0.05) is 0 Å². The first-order valence-electron chi connectivity index (χ1n) is 3.40. The Morgan fingerprint density at radius 3 is 2.80 bits per heavy atom. The lowest BCUT2D eigenvalue weighted by molar-refractivity contribution is -0.126. The molecule has 1 aliphatic heterocycles. The predicted molar refractivity (Wildman–Crippen MR) is 36.2 cm³/mol. The topological polar surface area (TPSA) is 75.4 Å². The molecule has 0 radical (unpaired) electrons. The van der Waals surface area contributed by atoms with E-state index in [1.165, 1.54) is 0 Å². The van der Waals surface area contributed by atoms with Gasteiger partial charge in [0.1, 0.15) is 0 Å². The number of amides is 1. The van der Waals surface area contributed by atoms with Crippen molar-refractivity contribution in [2.75, 3.05) is 13.1 Å². The van der Waals surface area contributed by atoms with Crippen molar-refractivity contribution in [1.82, 2.24) is 5.32 Å². The normalized spacial score (nSPS) is 33.7. The summed E-state index contributed by atoms with van der Waals surface area (Å²) in [5, 5.41) is 12.1. The molecular formula is C6H12N2O2. The molecule has 1 amide bonds. The summed E-state index contributed by atoms with van der Waals surface area (Å²) < 4.78 is 0. The van der Waals surface area contributed by atoms with Gasteiger partial charge in [0, 0.05) is 6.54 Å². The number of carbonyl (C=O) groups excluding carboxylic acids is 1. The molecule has 0 aromatic rings. The summed E-state index contributed by atoms with van der Waals surface area (Å²) in [6.45, 7) is 1.25. The molecule has 0 bridgehead atoms. The van der Waals surface area contributed by atoms with E-state index in [0.29, 0.717) is 13.0 Å². The summed E-state index contributed by atoms with van der Waals surface area (Å²) in [5.74, 6) is -0.741. The van der Waals surface area contributed by atoms with Gasteiger partial charge in [-0.2, -0.15) is 0 Å². The number of aliphatic hydroxyl groups excluding tert-OH is 1. The van der Waals surface area contributed by atoms with Crippen LogP contribution in [0.2, 0.25) is 0 Å². The second-order valence-electron chi connectivity index (χ2n) is 2.57. The molecule has 2 atom stereocenters. The molecule has 0 unspecified atom stereocenters. The van der Waals surface area contributed by atoms with E-state index in [1.54, 1.807) is 0 Å². The van der Waals surface area contributed by atoms with Gasteiger partial charge < -0.3 is 16.2 Å². The second-order valence-corrected chi connectivity index (χ2v) is 2.57. The van der Waals surface area contributed by atoms with E-state index < -0.39 is 12.0 Å². The molecule has 4 N–H and O–H groups in total. The van der Waals surface area contributed by atoms with E-state index in [9.17, 15) is 9.90 Å². The van der Waals surface area contributed by atoms with E-state index in [2.05, 4.69) is 5.32 Å². The van der Waals surface area contributed by atoms with E-state index in [-0.39, 0.29) is 5.92 Å². The minimum absolute atomic E-state index is 0.346. The van der Waals surface area contributed by atoms with Crippen LogP contribution >= 0.6 is 0 Å². The van der Waals surface area contributed by atoms with Gasteiger partial charge in [0.2, 0.25) is 5.91 Å². The van der Waals surface area contributed by atoms with Crippen molar-refractivity contribution in [3.8, 4) is 0 Å². The molecule has 1 saturated heterocycles. The highest BCUT2D eigenvalue weighted by molar-refractivity contribution is 5.77. The first kappa shape index (κ1) is 7.50. The molecule has 0 aromatic carbocycles. The van der Waals surface area contributed by atoms with E-state index in [0.717, 1.165) is 6.54 Å². The van der Waals surface area contributed by atoms with Gasteiger partial charge >= 0.3 is 0 Å². The maximum Gasteiger partial charge on any atom is 0.223 e. The summed E-state index contributed by atoms with van der Waals surface area (Å²) >= 11 is 0. The zero-order chi connectivity index (χ0) is 7.56. The van der Waals surface area contributed by atoms with Crippen molar-refractivity contribution >= 4 is 5.91 Å². The summed E-state index contributed by atoms with van der Waals surface area (Å²) in [6, 6.07) is 0. The van der Waals surface area contributed by atoms with Crippen molar-refractivity contribution in [3.05, 3.63) is 0 Å². The van der Waals surface area contributed by atoms with Crippen molar-refractivity contribution in [3.63, 3.8) is 0 Å². The van der Waals surface area contributed by atoms with Crippen molar-refractivity contribution < 1.29 is 9.90 Å². The van der Waals surface area contributed by atoms with Gasteiger partial charge in [-0.15, -0.1) is 0 Å². The Hall–Kier alpha value is -0.610. The van der Waals surface area contributed by atoms with Gasteiger partial charge in [0.15, 0.2) is 0 Å². The molecule has 0 aliphatic carbocycles. The molecule has 1 aliphatic rings. The average molecular weight is 144 g/mol. The zero-order valence-corrected chi connectivity index (χ0v) is 5.71. The smallest absolute Gasteiger partial charge is 0.223 e. The monoisotopic (exact) mass is 144 g/mol. The third-order valence-corrected chi connectivity index (χ3v) is 1.82. The van der Waals surface area contributed by atoms with Crippen LogP contribution in [0.3, 0.4) is 0 Å². The lowest BCUT2D eigenvalue weighted by Gasteiger charge is -2.25. The molecular weight excluding hydrogens is 132 g/mol. The fourth-order valence-electron chi connectivity index (χ4n) is 1.17. The van der Waals surface area contributed by atoms with Crippen molar-refractivity contribution in [2.45, 2.75) is 12.5 Å². The molecule has 10 heavy (non-hydrogen) atoms.